The zero-order valence-corrected chi connectivity index (χ0v) is 11.1. The fourth-order valence-corrected chi connectivity index (χ4v) is 2.47. The molecule has 3 nitrogen and oxygen atoms in total. The zero-order chi connectivity index (χ0) is 13.2. The molecule has 0 bridgehead atoms. The maximum absolute atomic E-state index is 5.84. The van der Waals surface area contributed by atoms with Crippen molar-refractivity contribution in [2.24, 2.45) is 5.73 Å². The molecule has 0 aliphatic heterocycles. The van der Waals surface area contributed by atoms with Gasteiger partial charge in [0.25, 0.3) is 0 Å². The minimum Gasteiger partial charge on any atom is -0.456 e. The van der Waals surface area contributed by atoms with Crippen molar-refractivity contribution in [3.63, 3.8) is 0 Å². The quantitative estimate of drug-likeness (QED) is 0.913. The monoisotopic (exact) mass is 254 g/mol. The average molecular weight is 254 g/mol. The lowest BCUT2D eigenvalue weighted by Gasteiger charge is -2.09. The molecule has 0 fully saturated rings. The molecule has 1 aromatic heterocycles. The van der Waals surface area contributed by atoms with Crippen LogP contribution in [0, 0.1) is 0 Å². The van der Waals surface area contributed by atoms with Gasteiger partial charge < -0.3 is 10.5 Å². The number of rotatable bonds is 3. The summed E-state index contributed by atoms with van der Waals surface area (Å²) in [6.45, 7) is 1.92. The van der Waals surface area contributed by atoms with Gasteiger partial charge in [-0.3, -0.25) is 4.98 Å². The maximum atomic E-state index is 5.84. The lowest BCUT2D eigenvalue weighted by Crippen LogP contribution is -2.06. The van der Waals surface area contributed by atoms with E-state index >= 15 is 0 Å². The number of aromatic nitrogens is 1. The molecule has 0 spiro atoms. The first kappa shape index (κ1) is 12.2. The number of benzene rings is 1. The molecule has 0 saturated carbocycles. The molecule has 1 aliphatic carbocycles. The fraction of sp³-hybridized carbons (Fsp3) is 0.312. The van der Waals surface area contributed by atoms with Gasteiger partial charge in [0.05, 0.1) is 11.9 Å². The summed E-state index contributed by atoms with van der Waals surface area (Å²) in [4.78, 5) is 4.30. The third-order valence-electron chi connectivity index (χ3n) is 3.53. The van der Waals surface area contributed by atoms with Gasteiger partial charge in [0.2, 0.25) is 0 Å². The Labute approximate surface area is 113 Å². The van der Waals surface area contributed by atoms with Crippen LogP contribution in [0.2, 0.25) is 0 Å². The predicted molar refractivity (Wildman–Crippen MR) is 75.4 cm³/mol. The number of fused-ring (bicyclic) bond motifs is 1. The summed E-state index contributed by atoms with van der Waals surface area (Å²) in [7, 11) is 0. The number of hydrogen-bond donors (Lipinski definition) is 1. The minimum atomic E-state index is -0.0472. The number of nitrogens with two attached hydrogens (primary N) is 1. The van der Waals surface area contributed by atoms with E-state index in [4.69, 9.17) is 10.5 Å². The topological polar surface area (TPSA) is 48.1 Å². The van der Waals surface area contributed by atoms with E-state index in [-0.39, 0.29) is 6.04 Å². The maximum Gasteiger partial charge on any atom is 0.145 e. The molecule has 1 heterocycles. The SMILES string of the molecule is C[C@H](N)c1ccc(Oc2ccc3c(c2)CCC3)cn1. The molecule has 2 aromatic rings. The van der Waals surface area contributed by atoms with Crippen LogP contribution >= 0.6 is 0 Å². The molecule has 3 heteroatoms. The molecular weight excluding hydrogens is 236 g/mol. The zero-order valence-electron chi connectivity index (χ0n) is 11.1. The third kappa shape index (κ3) is 2.61. The number of ether oxygens (including phenoxy) is 1. The first-order valence-electron chi connectivity index (χ1n) is 6.73. The van der Waals surface area contributed by atoms with Crippen molar-refractivity contribution in [1.82, 2.24) is 4.98 Å². The van der Waals surface area contributed by atoms with Gasteiger partial charge >= 0.3 is 0 Å². The summed E-state index contributed by atoms with van der Waals surface area (Å²) in [6.07, 6.45) is 5.34. The van der Waals surface area contributed by atoms with E-state index in [1.54, 1.807) is 6.20 Å². The van der Waals surface area contributed by atoms with Crippen LogP contribution in [0.25, 0.3) is 0 Å². The van der Waals surface area contributed by atoms with Crippen LogP contribution in [-0.2, 0) is 12.8 Å². The van der Waals surface area contributed by atoms with Crippen molar-refractivity contribution in [3.8, 4) is 11.5 Å². The highest BCUT2D eigenvalue weighted by Crippen LogP contribution is 2.28. The van der Waals surface area contributed by atoms with Crippen LogP contribution in [0.4, 0.5) is 0 Å². The second-order valence-corrected chi connectivity index (χ2v) is 5.09. The lowest BCUT2D eigenvalue weighted by molar-refractivity contribution is 0.478. The molecule has 0 amide bonds. The van der Waals surface area contributed by atoms with Gasteiger partial charge in [0, 0.05) is 6.04 Å². The summed E-state index contributed by atoms with van der Waals surface area (Å²) < 4.78 is 5.84. The highest BCUT2D eigenvalue weighted by molar-refractivity contribution is 5.40. The number of nitrogens with zero attached hydrogens (tertiary/aromatic N) is 1. The molecule has 0 unspecified atom stereocenters. The van der Waals surface area contributed by atoms with Crippen LogP contribution in [-0.4, -0.2) is 4.98 Å². The molecule has 19 heavy (non-hydrogen) atoms. The van der Waals surface area contributed by atoms with Crippen LogP contribution in [0.5, 0.6) is 11.5 Å². The van der Waals surface area contributed by atoms with Gasteiger partial charge in [-0.15, -0.1) is 0 Å². The molecule has 1 aliphatic rings. The van der Waals surface area contributed by atoms with Crippen LogP contribution in [0.3, 0.4) is 0 Å². The largest absolute Gasteiger partial charge is 0.456 e. The first-order chi connectivity index (χ1) is 9.22. The Morgan fingerprint density at radius 1 is 1.11 bits per heavy atom. The Bertz CT molecular complexity index is 576. The third-order valence-corrected chi connectivity index (χ3v) is 3.53. The van der Waals surface area contributed by atoms with Gasteiger partial charge in [-0.05, 0) is 61.6 Å². The second-order valence-electron chi connectivity index (χ2n) is 5.09. The van der Waals surface area contributed by atoms with Crippen LogP contribution < -0.4 is 10.5 Å². The smallest absolute Gasteiger partial charge is 0.145 e. The standard InChI is InChI=1S/C16H18N2O/c1-11(17)16-8-7-15(10-18-16)19-14-6-5-12-3-2-4-13(12)9-14/h5-11H,2-4,17H2,1H3/t11-/m0/s1. The Balaban J connectivity index is 1.77. The van der Waals surface area contributed by atoms with E-state index in [1.165, 1.54) is 24.0 Å². The van der Waals surface area contributed by atoms with Crippen molar-refractivity contribution >= 4 is 0 Å². The van der Waals surface area contributed by atoms with E-state index < -0.39 is 0 Å². The first-order valence-corrected chi connectivity index (χ1v) is 6.73. The second kappa shape index (κ2) is 5.02. The normalized spacial score (nSPS) is 15.1. The summed E-state index contributed by atoms with van der Waals surface area (Å²) in [5, 5.41) is 0. The highest BCUT2D eigenvalue weighted by Gasteiger charge is 2.11. The van der Waals surface area contributed by atoms with Crippen molar-refractivity contribution in [2.45, 2.75) is 32.2 Å². The average Bonchev–Trinajstić information content (AvgIpc) is 2.87. The number of aryl methyl sites for hydroxylation is 2. The van der Waals surface area contributed by atoms with Gasteiger partial charge in [0.15, 0.2) is 0 Å². The Hall–Kier alpha value is -1.87. The van der Waals surface area contributed by atoms with Crippen LogP contribution in [0.15, 0.2) is 36.5 Å². The molecule has 1 atom stereocenters. The fourth-order valence-electron chi connectivity index (χ4n) is 2.47. The predicted octanol–water partition coefficient (Wildman–Crippen LogP) is 3.38. The Kier molecular flexibility index (Phi) is 3.22. The number of hydrogen-bond acceptors (Lipinski definition) is 3. The van der Waals surface area contributed by atoms with Crippen molar-refractivity contribution < 1.29 is 4.74 Å². The van der Waals surface area contributed by atoms with Gasteiger partial charge in [-0.2, -0.15) is 0 Å². The number of pyridine rings is 1. The summed E-state index contributed by atoms with van der Waals surface area (Å²) in [5.41, 5.74) is 9.52. The molecule has 1 aromatic carbocycles. The van der Waals surface area contributed by atoms with Crippen LogP contribution in [0.1, 0.15) is 36.2 Å². The summed E-state index contributed by atoms with van der Waals surface area (Å²) >= 11 is 0. The molecule has 3 rings (SSSR count). The highest BCUT2D eigenvalue weighted by atomic mass is 16.5. The van der Waals surface area contributed by atoms with Gasteiger partial charge in [0.1, 0.15) is 11.5 Å². The molecule has 0 radical (unpaired) electrons. The van der Waals surface area contributed by atoms with Crippen molar-refractivity contribution in [3.05, 3.63) is 53.3 Å². The van der Waals surface area contributed by atoms with E-state index in [1.807, 2.05) is 25.1 Å². The Morgan fingerprint density at radius 3 is 2.63 bits per heavy atom. The van der Waals surface area contributed by atoms with E-state index in [9.17, 15) is 0 Å². The van der Waals surface area contributed by atoms with Crippen molar-refractivity contribution in [2.75, 3.05) is 0 Å². The van der Waals surface area contributed by atoms with Crippen molar-refractivity contribution in [1.29, 1.82) is 0 Å². The molecule has 0 saturated heterocycles. The molecule has 98 valence electrons. The molecule has 2 N–H and O–H groups in total. The Morgan fingerprint density at radius 2 is 1.89 bits per heavy atom. The summed E-state index contributed by atoms with van der Waals surface area (Å²) in [6, 6.07) is 10.1. The minimum absolute atomic E-state index is 0.0472. The van der Waals surface area contributed by atoms with Gasteiger partial charge in [-0.25, -0.2) is 0 Å². The summed E-state index contributed by atoms with van der Waals surface area (Å²) in [5.74, 6) is 1.64. The van der Waals surface area contributed by atoms with E-state index in [0.29, 0.717) is 0 Å². The van der Waals surface area contributed by atoms with Gasteiger partial charge in [-0.1, -0.05) is 6.07 Å². The van der Waals surface area contributed by atoms with E-state index in [2.05, 4.69) is 17.1 Å². The lowest BCUT2D eigenvalue weighted by atomic mass is 10.1. The van der Waals surface area contributed by atoms with E-state index in [0.717, 1.165) is 23.6 Å². The molecular formula is C16H18N2O.